The standard InChI is InChI=1S/C23H33N5O3/c29-22(16-20-5-3-15-31-20)27-12-8-18(9-13-27)4-1-2-10-25-23(30)26-19-6-7-21-24-11-14-28(21)17-19/h6-7,11,14,17-18,20H,1-5,8-10,12-13,15-16H2,(H2,25,26,30). The predicted molar refractivity (Wildman–Crippen MR) is 119 cm³/mol. The van der Waals surface area contributed by atoms with Gasteiger partial charge >= 0.3 is 6.03 Å². The number of rotatable bonds is 8. The minimum atomic E-state index is -0.183. The molecule has 0 radical (unpaired) electrons. The van der Waals surface area contributed by atoms with E-state index < -0.39 is 0 Å². The van der Waals surface area contributed by atoms with Gasteiger partial charge < -0.3 is 24.7 Å². The SMILES string of the molecule is O=C(NCCCCC1CCN(C(=O)CC2CCCO2)CC1)Nc1ccc2nccn2c1. The van der Waals surface area contributed by atoms with Gasteiger partial charge in [-0.1, -0.05) is 12.8 Å². The van der Waals surface area contributed by atoms with Crippen LogP contribution >= 0.6 is 0 Å². The van der Waals surface area contributed by atoms with Gasteiger partial charge in [0.15, 0.2) is 0 Å². The highest BCUT2D eigenvalue weighted by Gasteiger charge is 2.26. The van der Waals surface area contributed by atoms with Crippen LogP contribution in [0.15, 0.2) is 30.7 Å². The molecular weight excluding hydrogens is 394 g/mol. The second-order valence-corrected chi connectivity index (χ2v) is 8.65. The zero-order chi connectivity index (χ0) is 21.5. The van der Waals surface area contributed by atoms with Gasteiger partial charge in [-0.25, -0.2) is 9.78 Å². The number of anilines is 1. The Balaban J connectivity index is 1.06. The number of hydrogen-bond donors (Lipinski definition) is 2. The highest BCUT2D eigenvalue weighted by molar-refractivity contribution is 5.89. The molecule has 0 spiro atoms. The normalized spacial score (nSPS) is 19.6. The van der Waals surface area contributed by atoms with E-state index in [1.165, 1.54) is 0 Å². The van der Waals surface area contributed by atoms with Gasteiger partial charge in [-0.3, -0.25) is 4.79 Å². The largest absolute Gasteiger partial charge is 0.378 e. The van der Waals surface area contributed by atoms with Crippen molar-refractivity contribution in [3.05, 3.63) is 30.7 Å². The summed E-state index contributed by atoms with van der Waals surface area (Å²) in [6.07, 6.45) is 13.6. The van der Waals surface area contributed by atoms with Crippen LogP contribution in [-0.2, 0) is 9.53 Å². The zero-order valence-corrected chi connectivity index (χ0v) is 18.1. The monoisotopic (exact) mass is 427 g/mol. The lowest BCUT2D eigenvalue weighted by Gasteiger charge is -2.32. The van der Waals surface area contributed by atoms with Gasteiger partial charge in [0.25, 0.3) is 0 Å². The fourth-order valence-corrected chi connectivity index (χ4v) is 4.53. The van der Waals surface area contributed by atoms with Gasteiger partial charge in [0, 0.05) is 44.8 Å². The molecule has 0 bridgehead atoms. The Kier molecular flexibility index (Phi) is 7.40. The van der Waals surface area contributed by atoms with Crippen molar-refractivity contribution >= 4 is 23.3 Å². The topological polar surface area (TPSA) is 88.0 Å². The Bertz CT molecular complexity index is 869. The maximum atomic E-state index is 12.4. The number of piperidine rings is 1. The minimum Gasteiger partial charge on any atom is -0.378 e. The van der Waals surface area contributed by atoms with Crippen molar-refractivity contribution < 1.29 is 14.3 Å². The fourth-order valence-electron chi connectivity index (χ4n) is 4.53. The molecule has 1 atom stereocenters. The summed E-state index contributed by atoms with van der Waals surface area (Å²) in [5.74, 6) is 0.940. The molecule has 2 saturated heterocycles. The molecular formula is C23H33N5O3. The molecule has 8 heteroatoms. The number of amides is 3. The van der Waals surface area contributed by atoms with Gasteiger partial charge in [0.05, 0.1) is 18.2 Å². The Labute approximate surface area is 183 Å². The summed E-state index contributed by atoms with van der Waals surface area (Å²) in [6, 6.07) is 3.54. The van der Waals surface area contributed by atoms with Gasteiger partial charge in [0.2, 0.25) is 5.91 Å². The Morgan fingerprint density at radius 3 is 2.84 bits per heavy atom. The number of imidazole rings is 1. The van der Waals surface area contributed by atoms with Crippen molar-refractivity contribution in [3.8, 4) is 0 Å². The van der Waals surface area contributed by atoms with Crippen molar-refractivity contribution in [2.24, 2.45) is 5.92 Å². The van der Waals surface area contributed by atoms with E-state index in [-0.39, 0.29) is 18.0 Å². The van der Waals surface area contributed by atoms with E-state index in [9.17, 15) is 9.59 Å². The van der Waals surface area contributed by atoms with Gasteiger partial charge in [-0.2, -0.15) is 0 Å². The Morgan fingerprint density at radius 1 is 1.16 bits per heavy atom. The van der Waals surface area contributed by atoms with Crippen molar-refractivity contribution in [1.29, 1.82) is 0 Å². The summed E-state index contributed by atoms with van der Waals surface area (Å²) in [5.41, 5.74) is 1.59. The minimum absolute atomic E-state index is 0.142. The number of hydrogen-bond acceptors (Lipinski definition) is 4. The van der Waals surface area contributed by atoms with E-state index in [4.69, 9.17) is 4.74 Å². The number of ether oxygens (including phenoxy) is 1. The molecule has 8 nitrogen and oxygen atoms in total. The summed E-state index contributed by atoms with van der Waals surface area (Å²) in [7, 11) is 0. The van der Waals surface area contributed by atoms with E-state index in [1.54, 1.807) is 6.20 Å². The summed E-state index contributed by atoms with van der Waals surface area (Å²) in [5, 5.41) is 5.79. The van der Waals surface area contributed by atoms with Gasteiger partial charge in [0.1, 0.15) is 5.65 Å². The average Bonchev–Trinajstić information content (AvgIpc) is 3.45. The summed E-state index contributed by atoms with van der Waals surface area (Å²) in [4.78, 5) is 30.7. The molecule has 168 valence electrons. The number of pyridine rings is 1. The van der Waals surface area contributed by atoms with Crippen LogP contribution in [0.5, 0.6) is 0 Å². The molecule has 2 aromatic heterocycles. The van der Waals surface area contributed by atoms with Crippen LogP contribution in [0.2, 0.25) is 0 Å². The first-order chi connectivity index (χ1) is 15.2. The molecule has 4 rings (SSSR count). The maximum absolute atomic E-state index is 12.4. The first-order valence-electron chi connectivity index (χ1n) is 11.5. The Hall–Kier alpha value is -2.61. The van der Waals surface area contributed by atoms with Crippen LogP contribution in [-0.4, -0.2) is 58.6 Å². The first-order valence-corrected chi connectivity index (χ1v) is 11.5. The van der Waals surface area contributed by atoms with Crippen molar-refractivity contribution in [1.82, 2.24) is 19.6 Å². The van der Waals surface area contributed by atoms with Crippen LogP contribution in [0, 0.1) is 5.92 Å². The lowest BCUT2D eigenvalue weighted by molar-refractivity contribution is -0.134. The lowest BCUT2D eigenvalue weighted by atomic mass is 9.91. The Morgan fingerprint density at radius 2 is 2.03 bits per heavy atom. The summed E-state index contributed by atoms with van der Waals surface area (Å²) in [6.45, 7) is 3.21. The number of carbonyl (C=O) groups is 2. The van der Waals surface area contributed by atoms with Crippen LogP contribution < -0.4 is 10.6 Å². The number of unbranched alkanes of at least 4 members (excludes halogenated alkanes) is 1. The number of nitrogens with one attached hydrogen (secondary N) is 2. The number of urea groups is 1. The molecule has 0 aliphatic carbocycles. The van der Waals surface area contributed by atoms with Crippen molar-refractivity contribution in [2.45, 2.75) is 57.5 Å². The third kappa shape index (κ3) is 6.19. The van der Waals surface area contributed by atoms with E-state index >= 15 is 0 Å². The third-order valence-electron chi connectivity index (χ3n) is 6.36. The maximum Gasteiger partial charge on any atom is 0.319 e. The first kappa shape index (κ1) is 21.6. The zero-order valence-electron chi connectivity index (χ0n) is 18.1. The predicted octanol–water partition coefficient (Wildman–Crippen LogP) is 3.43. The number of carbonyl (C=O) groups excluding carboxylic acids is 2. The number of fused-ring (bicyclic) bond motifs is 1. The van der Waals surface area contributed by atoms with E-state index in [0.717, 1.165) is 76.0 Å². The van der Waals surface area contributed by atoms with Crippen LogP contribution in [0.25, 0.3) is 5.65 Å². The second kappa shape index (κ2) is 10.6. The third-order valence-corrected chi connectivity index (χ3v) is 6.36. The molecule has 0 aromatic carbocycles. The quantitative estimate of drug-likeness (QED) is 0.632. The van der Waals surface area contributed by atoms with E-state index in [2.05, 4.69) is 15.6 Å². The van der Waals surface area contributed by atoms with Gasteiger partial charge in [-0.05, 0) is 50.2 Å². The van der Waals surface area contributed by atoms with Crippen LogP contribution in [0.1, 0.15) is 51.4 Å². The average molecular weight is 428 g/mol. The molecule has 31 heavy (non-hydrogen) atoms. The van der Waals surface area contributed by atoms with Crippen molar-refractivity contribution in [2.75, 3.05) is 31.6 Å². The number of likely N-dealkylation sites (tertiary alicyclic amines) is 1. The summed E-state index contributed by atoms with van der Waals surface area (Å²) < 4.78 is 7.46. The molecule has 1 unspecified atom stereocenters. The van der Waals surface area contributed by atoms with E-state index in [0.29, 0.717) is 18.9 Å². The van der Waals surface area contributed by atoms with E-state index in [1.807, 2.05) is 33.8 Å². The number of aromatic nitrogens is 2. The molecule has 2 aromatic rings. The molecule has 3 amide bonds. The van der Waals surface area contributed by atoms with Crippen LogP contribution in [0.3, 0.4) is 0 Å². The lowest BCUT2D eigenvalue weighted by Crippen LogP contribution is -2.39. The molecule has 4 heterocycles. The highest BCUT2D eigenvalue weighted by Crippen LogP contribution is 2.24. The molecule has 2 N–H and O–H groups in total. The fraction of sp³-hybridized carbons (Fsp3) is 0.609. The van der Waals surface area contributed by atoms with Gasteiger partial charge in [-0.15, -0.1) is 0 Å². The number of nitrogens with zero attached hydrogens (tertiary/aromatic N) is 3. The molecule has 2 aliphatic rings. The highest BCUT2D eigenvalue weighted by atomic mass is 16.5. The van der Waals surface area contributed by atoms with Crippen LogP contribution in [0.4, 0.5) is 10.5 Å². The molecule has 2 fully saturated rings. The second-order valence-electron chi connectivity index (χ2n) is 8.65. The molecule has 2 aliphatic heterocycles. The summed E-state index contributed by atoms with van der Waals surface area (Å²) >= 11 is 0. The van der Waals surface area contributed by atoms with Crippen molar-refractivity contribution in [3.63, 3.8) is 0 Å². The molecule has 0 saturated carbocycles. The smallest absolute Gasteiger partial charge is 0.319 e.